The van der Waals surface area contributed by atoms with Gasteiger partial charge in [0.2, 0.25) is 0 Å². The first kappa shape index (κ1) is 14.6. The van der Waals surface area contributed by atoms with Crippen molar-refractivity contribution in [2.45, 2.75) is 25.4 Å². The van der Waals surface area contributed by atoms with E-state index in [2.05, 4.69) is 35.0 Å². The van der Waals surface area contributed by atoms with Gasteiger partial charge in [-0.25, -0.2) is 0 Å². The Bertz CT molecular complexity index is 471. The highest BCUT2D eigenvalue weighted by atomic mass is 16.5. The summed E-state index contributed by atoms with van der Waals surface area (Å²) in [7, 11) is 1.70. The highest BCUT2D eigenvalue weighted by Crippen LogP contribution is 2.36. The minimum atomic E-state index is 0.707. The molecule has 0 amide bonds. The largest absolute Gasteiger partial charge is 0.497 e. The molecule has 0 aliphatic carbocycles. The number of benzene rings is 1. The second kappa shape index (κ2) is 6.63. The van der Waals surface area contributed by atoms with E-state index in [-0.39, 0.29) is 0 Å². The minimum absolute atomic E-state index is 0.707. The Kier molecular flexibility index (Phi) is 4.61. The normalized spacial score (nSPS) is 31.1. The highest BCUT2D eigenvalue weighted by molar-refractivity contribution is 5.27. The predicted molar refractivity (Wildman–Crippen MR) is 86.5 cm³/mol. The molecule has 0 radical (unpaired) electrons. The van der Waals surface area contributed by atoms with Crippen molar-refractivity contribution in [2.75, 3.05) is 26.7 Å². The third-order valence-electron chi connectivity index (χ3n) is 5.10. The van der Waals surface area contributed by atoms with E-state index in [1.54, 1.807) is 7.11 Å². The maximum Gasteiger partial charge on any atom is 0.118 e. The number of rotatable bonds is 6. The van der Waals surface area contributed by atoms with Gasteiger partial charge >= 0.3 is 0 Å². The summed E-state index contributed by atoms with van der Waals surface area (Å²) in [4.78, 5) is 2.65. The van der Waals surface area contributed by atoms with Crippen molar-refractivity contribution < 1.29 is 4.74 Å². The molecule has 3 fully saturated rings. The van der Waals surface area contributed by atoms with Gasteiger partial charge in [0.15, 0.2) is 0 Å². The molecule has 1 unspecified atom stereocenters. The lowest BCUT2D eigenvalue weighted by Crippen LogP contribution is -2.55. The average molecular weight is 286 g/mol. The highest BCUT2D eigenvalue weighted by Gasteiger charge is 2.38. The summed E-state index contributed by atoms with van der Waals surface area (Å²) in [6.07, 6.45) is 4.84. The molecule has 3 saturated heterocycles. The van der Waals surface area contributed by atoms with E-state index in [0.717, 1.165) is 30.7 Å². The molecule has 0 spiro atoms. The molecule has 3 nitrogen and oxygen atoms in total. The van der Waals surface area contributed by atoms with Crippen molar-refractivity contribution in [1.82, 2.24) is 10.2 Å². The zero-order valence-electron chi connectivity index (χ0n) is 12.9. The lowest BCUT2D eigenvalue weighted by molar-refractivity contribution is 0.0195. The van der Waals surface area contributed by atoms with E-state index in [9.17, 15) is 0 Å². The summed E-state index contributed by atoms with van der Waals surface area (Å²) < 4.78 is 5.19. The summed E-state index contributed by atoms with van der Waals surface area (Å²) in [5.74, 6) is 2.50. The third-order valence-corrected chi connectivity index (χ3v) is 5.10. The van der Waals surface area contributed by atoms with Crippen LogP contribution in [0.5, 0.6) is 5.75 Å². The Morgan fingerprint density at radius 2 is 2.19 bits per heavy atom. The van der Waals surface area contributed by atoms with Gasteiger partial charge < -0.3 is 10.1 Å². The topological polar surface area (TPSA) is 24.5 Å². The number of fused-ring (bicyclic) bond motifs is 3. The molecule has 21 heavy (non-hydrogen) atoms. The molecule has 1 aromatic rings. The maximum absolute atomic E-state index is 5.19. The van der Waals surface area contributed by atoms with Crippen LogP contribution in [0.3, 0.4) is 0 Å². The fourth-order valence-electron chi connectivity index (χ4n) is 3.79. The van der Waals surface area contributed by atoms with Crippen molar-refractivity contribution >= 4 is 0 Å². The Labute approximate surface area is 128 Å². The van der Waals surface area contributed by atoms with Crippen molar-refractivity contribution in [1.29, 1.82) is 0 Å². The van der Waals surface area contributed by atoms with Gasteiger partial charge in [0, 0.05) is 25.7 Å². The smallest absolute Gasteiger partial charge is 0.118 e. The standard InChI is InChI=1S/C18H26N2O/c1-3-15-13-20-9-8-16(15)10-17(20)12-19-11-14-4-6-18(21-2)7-5-14/h3-7,15-17,19H,1,8-13H2,2H3/t15-,16-,17+/m0/s1. The van der Waals surface area contributed by atoms with Crippen LogP contribution in [0.25, 0.3) is 0 Å². The SMILES string of the molecule is C=C[C@H]1CN2CC[C@H]1C[C@@H]2CNCc1ccc(OC)cc1. The van der Waals surface area contributed by atoms with Crippen LogP contribution in [0.1, 0.15) is 18.4 Å². The second-order valence-electron chi connectivity index (χ2n) is 6.31. The summed E-state index contributed by atoms with van der Waals surface area (Å²) in [6, 6.07) is 9.02. The van der Waals surface area contributed by atoms with Gasteiger partial charge in [-0.2, -0.15) is 0 Å². The van der Waals surface area contributed by atoms with Gasteiger partial charge in [0.1, 0.15) is 5.75 Å². The quantitative estimate of drug-likeness (QED) is 0.814. The van der Waals surface area contributed by atoms with Crippen LogP contribution in [0.15, 0.2) is 36.9 Å². The second-order valence-corrected chi connectivity index (χ2v) is 6.31. The fraction of sp³-hybridized carbons (Fsp3) is 0.556. The molecule has 0 saturated carbocycles. The van der Waals surface area contributed by atoms with Crippen LogP contribution in [0.2, 0.25) is 0 Å². The molecular formula is C18H26N2O. The van der Waals surface area contributed by atoms with Crippen molar-refractivity contribution in [3.8, 4) is 5.75 Å². The number of methoxy groups -OCH3 is 1. The average Bonchev–Trinajstić information content (AvgIpc) is 2.56. The number of hydrogen-bond donors (Lipinski definition) is 1. The molecule has 1 N–H and O–H groups in total. The summed E-state index contributed by atoms with van der Waals surface area (Å²) in [6.45, 7) is 8.49. The van der Waals surface area contributed by atoms with Gasteiger partial charge in [-0.05, 0) is 48.9 Å². The van der Waals surface area contributed by atoms with E-state index < -0.39 is 0 Å². The zero-order valence-corrected chi connectivity index (χ0v) is 12.9. The number of nitrogens with one attached hydrogen (secondary N) is 1. The van der Waals surface area contributed by atoms with Gasteiger partial charge in [0.05, 0.1) is 7.11 Å². The molecular weight excluding hydrogens is 260 g/mol. The molecule has 3 aliphatic rings. The van der Waals surface area contributed by atoms with Gasteiger partial charge in [0.25, 0.3) is 0 Å². The lowest BCUT2D eigenvalue weighted by Gasteiger charge is -2.49. The lowest BCUT2D eigenvalue weighted by atomic mass is 9.75. The van der Waals surface area contributed by atoms with Crippen LogP contribution in [-0.2, 0) is 6.54 Å². The van der Waals surface area contributed by atoms with Crippen LogP contribution in [0.4, 0.5) is 0 Å². The zero-order chi connectivity index (χ0) is 14.7. The summed E-state index contributed by atoms with van der Waals surface area (Å²) in [5.41, 5.74) is 1.32. The maximum atomic E-state index is 5.19. The van der Waals surface area contributed by atoms with E-state index in [1.165, 1.54) is 31.5 Å². The van der Waals surface area contributed by atoms with Gasteiger partial charge in [-0.1, -0.05) is 18.2 Å². The van der Waals surface area contributed by atoms with Crippen molar-refractivity contribution in [3.05, 3.63) is 42.5 Å². The molecule has 4 rings (SSSR count). The van der Waals surface area contributed by atoms with Gasteiger partial charge in [-0.15, -0.1) is 6.58 Å². The fourth-order valence-corrected chi connectivity index (χ4v) is 3.79. The van der Waals surface area contributed by atoms with Crippen LogP contribution in [-0.4, -0.2) is 37.7 Å². The molecule has 3 heteroatoms. The number of ether oxygens (including phenoxy) is 1. The molecule has 114 valence electrons. The Morgan fingerprint density at radius 1 is 1.38 bits per heavy atom. The molecule has 1 aromatic carbocycles. The van der Waals surface area contributed by atoms with E-state index in [1.807, 2.05) is 12.1 Å². The van der Waals surface area contributed by atoms with Crippen molar-refractivity contribution in [3.63, 3.8) is 0 Å². The molecule has 2 bridgehead atoms. The summed E-state index contributed by atoms with van der Waals surface area (Å²) >= 11 is 0. The third kappa shape index (κ3) is 3.30. The van der Waals surface area contributed by atoms with Crippen LogP contribution >= 0.6 is 0 Å². The first-order chi connectivity index (χ1) is 10.3. The van der Waals surface area contributed by atoms with Crippen LogP contribution < -0.4 is 10.1 Å². The Balaban J connectivity index is 1.46. The van der Waals surface area contributed by atoms with Crippen LogP contribution in [0, 0.1) is 11.8 Å². The number of nitrogens with zero attached hydrogens (tertiary/aromatic N) is 1. The summed E-state index contributed by atoms with van der Waals surface area (Å²) in [5, 5.41) is 3.62. The van der Waals surface area contributed by atoms with E-state index in [0.29, 0.717) is 6.04 Å². The monoisotopic (exact) mass is 286 g/mol. The predicted octanol–water partition coefficient (Wildman–Crippen LogP) is 2.68. The molecule has 3 heterocycles. The number of hydrogen-bond acceptors (Lipinski definition) is 3. The Morgan fingerprint density at radius 3 is 2.81 bits per heavy atom. The number of piperidine rings is 3. The van der Waals surface area contributed by atoms with Crippen molar-refractivity contribution in [2.24, 2.45) is 11.8 Å². The first-order valence-corrected chi connectivity index (χ1v) is 8.00. The molecule has 4 atom stereocenters. The van der Waals surface area contributed by atoms with E-state index in [4.69, 9.17) is 4.74 Å². The van der Waals surface area contributed by atoms with Gasteiger partial charge in [-0.3, -0.25) is 4.90 Å². The van der Waals surface area contributed by atoms with E-state index >= 15 is 0 Å². The minimum Gasteiger partial charge on any atom is -0.497 e. The molecule has 0 aromatic heterocycles. The first-order valence-electron chi connectivity index (χ1n) is 8.00. The Hall–Kier alpha value is -1.32. The molecule has 3 aliphatic heterocycles.